The number of fused-ring (bicyclic) bond motifs is 12. The Bertz CT molecular complexity index is 2880. The molecule has 0 unspecified atom stereocenters. The number of rotatable bonds is 5. The number of ether oxygens (including phenoxy) is 2. The molecule has 0 fully saturated rings. The summed E-state index contributed by atoms with van der Waals surface area (Å²) in [4.78, 5) is 20.5. The van der Waals surface area contributed by atoms with E-state index < -0.39 is 0 Å². The predicted molar refractivity (Wildman–Crippen MR) is 199 cm³/mol. The van der Waals surface area contributed by atoms with Gasteiger partial charge in [-0.15, -0.1) is 0 Å². The van der Waals surface area contributed by atoms with E-state index in [-0.39, 0.29) is 0 Å². The Balaban J connectivity index is 1.37. The Morgan fingerprint density at radius 2 is 1.04 bits per heavy atom. The Kier molecular flexibility index (Phi) is 6.13. The van der Waals surface area contributed by atoms with Gasteiger partial charge in [0.2, 0.25) is 5.95 Å². The van der Waals surface area contributed by atoms with Gasteiger partial charge in [0.15, 0.2) is 11.6 Å². The highest BCUT2D eigenvalue weighted by molar-refractivity contribution is 6.27. The van der Waals surface area contributed by atoms with Crippen LogP contribution in [0.5, 0.6) is 11.5 Å². The van der Waals surface area contributed by atoms with E-state index in [0.29, 0.717) is 17.6 Å². The molecular weight excluding hydrogens is 621 g/mol. The monoisotopic (exact) mass is 648 g/mol. The molecule has 8 nitrogen and oxygen atoms in total. The second kappa shape index (κ2) is 10.9. The summed E-state index contributed by atoms with van der Waals surface area (Å²) in [6.07, 6.45) is 0. The zero-order valence-corrected chi connectivity index (χ0v) is 27.2. The lowest BCUT2D eigenvalue weighted by Gasteiger charge is -2.14. The number of hydrogen-bond donors (Lipinski definition) is 0. The first-order valence-electron chi connectivity index (χ1n) is 16.4. The first-order valence-corrected chi connectivity index (χ1v) is 16.4. The van der Waals surface area contributed by atoms with Gasteiger partial charge in [-0.3, -0.25) is 8.97 Å². The maximum absolute atomic E-state index is 5.45. The lowest BCUT2D eigenvalue weighted by molar-refractivity contribution is 0.415. The molecule has 0 spiro atoms. The van der Waals surface area contributed by atoms with Gasteiger partial charge in [-0.1, -0.05) is 60.7 Å². The zero-order valence-electron chi connectivity index (χ0n) is 27.2. The highest BCUT2D eigenvalue weighted by Gasteiger charge is 2.23. The summed E-state index contributed by atoms with van der Waals surface area (Å²) in [6.45, 7) is 0. The van der Waals surface area contributed by atoms with E-state index in [2.05, 4.69) is 87.8 Å². The highest BCUT2D eigenvalue weighted by Crippen LogP contribution is 2.41. The molecule has 0 N–H and O–H groups in total. The van der Waals surface area contributed by atoms with Crippen molar-refractivity contribution in [2.24, 2.45) is 0 Å². The minimum atomic E-state index is 0.523. The fourth-order valence-electron chi connectivity index (χ4n) is 7.26. The van der Waals surface area contributed by atoms with Crippen molar-refractivity contribution in [3.63, 3.8) is 0 Å². The van der Waals surface area contributed by atoms with E-state index in [0.717, 1.165) is 82.8 Å². The summed E-state index contributed by atoms with van der Waals surface area (Å²) in [7, 11) is 3.32. The van der Waals surface area contributed by atoms with Crippen molar-refractivity contribution in [3.05, 3.63) is 133 Å². The highest BCUT2D eigenvalue weighted by atomic mass is 16.5. The van der Waals surface area contributed by atoms with Crippen molar-refractivity contribution in [3.8, 4) is 40.2 Å². The molecule has 50 heavy (non-hydrogen) atoms. The number of benzene rings is 6. The van der Waals surface area contributed by atoms with Gasteiger partial charge in [-0.2, -0.15) is 9.97 Å². The van der Waals surface area contributed by atoms with Crippen molar-refractivity contribution < 1.29 is 9.47 Å². The van der Waals surface area contributed by atoms with Crippen molar-refractivity contribution in [2.45, 2.75) is 0 Å². The number of imidazole rings is 1. The molecule has 0 aliphatic heterocycles. The van der Waals surface area contributed by atoms with Crippen LogP contribution < -0.4 is 9.47 Å². The first-order chi connectivity index (χ1) is 24.7. The Labute approximate surface area is 285 Å². The number of nitrogens with zero attached hydrogens (tertiary/aromatic N) is 6. The van der Waals surface area contributed by atoms with Gasteiger partial charge in [0.1, 0.15) is 17.1 Å². The van der Waals surface area contributed by atoms with Crippen molar-refractivity contribution in [1.29, 1.82) is 0 Å². The van der Waals surface area contributed by atoms with Crippen LogP contribution in [0.15, 0.2) is 133 Å². The molecule has 4 aromatic heterocycles. The van der Waals surface area contributed by atoms with Crippen molar-refractivity contribution in [1.82, 2.24) is 28.9 Å². The van der Waals surface area contributed by atoms with Gasteiger partial charge in [0.25, 0.3) is 0 Å². The van der Waals surface area contributed by atoms with E-state index >= 15 is 0 Å². The minimum absolute atomic E-state index is 0.523. The quantitative estimate of drug-likeness (QED) is 0.173. The van der Waals surface area contributed by atoms with Gasteiger partial charge in [0.05, 0.1) is 41.8 Å². The summed E-state index contributed by atoms with van der Waals surface area (Å²) in [5.41, 5.74) is 7.73. The normalized spacial score (nSPS) is 11.8. The molecule has 10 rings (SSSR count). The topological polar surface area (TPSA) is 79.4 Å². The number of methoxy groups -OCH3 is 2. The summed E-state index contributed by atoms with van der Waals surface area (Å²) in [5, 5.41) is 5.51. The van der Waals surface area contributed by atoms with Crippen LogP contribution in [0.2, 0.25) is 0 Å². The maximum Gasteiger partial charge on any atom is 0.238 e. The van der Waals surface area contributed by atoms with Crippen molar-refractivity contribution in [2.75, 3.05) is 14.2 Å². The van der Waals surface area contributed by atoms with Gasteiger partial charge < -0.3 is 9.47 Å². The standard InChI is InChI=1S/C42H28N6O2/c1-49-27-19-15-25(16-20-27)39-44-40(26-17-21-28(50-2)22-18-26)46-42(45-39)48-34-13-7-5-9-29(34)31-23-24-36-37(38(31)48)30-10-3-4-11-32(30)41-43-33-12-6-8-14-35(33)47(36)41/h3-24H,1-2H3. The van der Waals surface area contributed by atoms with Crippen LogP contribution in [0.4, 0.5) is 0 Å². The molecule has 0 aliphatic rings. The predicted octanol–water partition coefficient (Wildman–Crippen LogP) is 9.43. The van der Waals surface area contributed by atoms with Crippen LogP contribution >= 0.6 is 0 Å². The molecule has 6 aromatic carbocycles. The second-order valence-corrected chi connectivity index (χ2v) is 12.3. The van der Waals surface area contributed by atoms with Gasteiger partial charge >= 0.3 is 0 Å². The molecule has 0 saturated carbocycles. The van der Waals surface area contributed by atoms with Crippen LogP contribution in [-0.2, 0) is 0 Å². The molecule has 0 aliphatic carbocycles. The van der Waals surface area contributed by atoms with E-state index in [1.54, 1.807) is 14.2 Å². The molecule has 238 valence electrons. The lowest BCUT2D eigenvalue weighted by Crippen LogP contribution is -2.07. The SMILES string of the molecule is COc1ccc(-c2nc(-c3ccc(OC)cc3)nc(-n3c4ccccc4c4ccc5c(c6ccccc6c6nc7ccccc7n56)c43)n2)cc1. The fraction of sp³-hybridized carbons (Fsp3) is 0.0476. The summed E-state index contributed by atoms with van der Waals surface area (Å²) >= 11 is 0. The molecule has 0 atom stereocenters. The molecule has 4 heterocycles. The largest absolute Gasteiger partial charge is 0.497 e. The average molecular weight is 649 g/mol. The average Bonchev–Trinajstić information content (AvgIpc) is 3.74. The number of hydrogen-bond acceptors (Lipinski definition) is 6. The zero-order chi connectivity index (χ0) is 33.3. The van der Waals surface area contributed by atoms with Crippen LogP contribution in [0.3, 0.4) is 0 Å². The fourth-order valence-corrected chi connectivity index (χ4v) is 7.26. The first kappa shape index (κ1) is 28.2. The number of aromatic nitrogens is 6. The minimum Gasteiger partial charge on any atom is -0.497 e. The van der Waals surface area contributed by atoms with Crippen molar-refractivity contribution >= 4 is 60.2 Å². The van der Waals surface area contributed by atoms with Crippen LogP contribution in [-0.4, -0.2) is 43.1 Å². The van der Waals surface area contributed by atoms with Crippen LogP contribution in [0.25, 0.3) is 88.9 Å². The van der Waals surface area contributed by atoms with Crippen LogP contribution in [0, 0.1) is 0 Å². The number of para-hydroxylation sites is 3. The Morgan fingerprint density at radius 3 is 1.70 bits per heavy atom. The summed E-state index contributed by atoms with van der Waals surface area (Å²) in [5.74, 6) is 3.16. The Morgan fingerprint density at radius 1 is 0.460 bits per heavy atom. The van der Waals surface area contributed by atoms with Gasteiger partial charge in [-0.25, -0.2) is 9.97 Å². The van der Waals surface area contributed by atoms with E-state index in [4.69, 9.17) is 29.4 Å². The number of pyridine rings is 1. The van der Waals surface area contributed by atoms with E-state index in [1.807, 2.05) is 54.6 Å². The molecular formula is C42H28N6O2. The van der Waals surface area contributed by atoms with E-state index in [9.17, 15) is 0 Å². The molecule has 0 bridgehead atoms. The maximum atomic E-state index is 5.45. The smallest absolute Gasteiger partial charge is 0.238 e. The summed E-state index contributed by atoms with van der Waals surface area (Å²) < 4.78 is 15.4. The Hall–Kier alpha value is -6.80. The molecule has 8 heteroatoms. The lowest BCUT2D eigenvalue weighted by atomic mass is 10.0. The van der Waals surface area contributed by atoms with Crippen LogP contribution in [0.1, 0.15) is 0 Å². The van der Waals surface area contributed by atoms with E-state index in [1.165, 1.54) is 0 Å². The molecule has 0 radical (unpaired) electrons. The third-order valence-corrected chi connectivity index (χ3v) is 9.57. The summed E-state index contributed by atoms with van der Waals surface area (Å²) in [6, 6.07) is 45.3. The third kappa shape index (κ3) is 4.12. The second-order valence-electron chi connectivity index (χ2n) is 12.3. The third-order valence-electron chi connectivity index (χ3n) is 9.57. The van der Waals surface area contributed by atoms with Gasteiger partial charge in [-0.05, 0) is 78.2 Å². The van der Waals surface area contributed by atoms with Gasteiger partial charge in [0, 0.05) is 32.7 Å². The molecule has 0 saturated heterocycles. The molecule has 10 aromatic rings. The molecule has 0 amide bonds.